The summed E-state index contributed by atoms with van der Waals surface area (Å²) in [4.78, 5) is 12.2. The summed E-state index contributed by atoms with van der Waals surface area (Å²) in [5, 5.41) is 0. The fourth-order valence-electron chi connectivity index (χ4n) is 2.43. The van der Waals surface area contributed by atoms with Gasteiger partial charge in [-0.25, -0.2) is 4.79 Å². The molecule has 0 spiro atoms. The zero-order valence-corrected chi connectivity index (χ0v) is 13.4. The van der Waals surface area contributed by atoms with Gasteiger partial charge in [0, 0.05) is 12.5 Å². The van der Waals surface area contributed by atoms with Crippen LogP contribution in [0.1, 0.15) is 43.7 Å². The number of esters is 1. The van der Waals surface area contributed by atoms with Crippen LogP contribution in [0.2, 0.25) is 0 Å². The van der Waals surface area contributed by atoms with Gasteiger partial charge in [-0.3, -0.25) is 0 Å². The molecule has 1 aromatic carbocycles. The van der Waals surface area contributed by atoms with E-state index in [1.54, 1.807) is 0 Å². The second-order valence-electron chi connectivity index (χ2n) is 5.33. The minimum absolute atomic E-state index is 0.116. The second kappa shape index (κ2) is 8.54. The van der Waals surface area contributed by atoms with Crippen LogP contribution >= 0.6 is 0 Å². The SMILES string of the molecule is CCCCOC(=O)C(=CC1C=Cc2ccccc21)COCC. The Morgan fingerprint density at radius 2 is 2.09 bits per heavy atom. The lowest BCUT2D eigenvalue weighted by atomic mass is 9.98. The van der Waals surface area contributed by atoms with Crippen molar-refractivity contribution in [3.05, 3.63) is 53.1 Å². The van der Waals surface area contributed by atoms with Gasteiger partial charge >= 0.3 is 5.97 Å². The van der Waals surface area contributed by atoms with Gasteiger partial charge in [0.05, 0.1) is 18.8 Å². The first-order chi connectivity index (χ1) is 10.8. The fraction of sp³-hybridized carbons (Fsp3) is 0.421. The molecular weight excluding hydrogens is 276 g/mol. The van der Waals surface area contributed by atoms with Crippen LogP contribution in [-0.4, -0.2) is 25.8 Å². The molecule has 22 heavy (non-hydrogen) atoms. The minimum atomic E-state index is -0.264. The molecule has 1 aromatic rings. The highest BCUT2D eigenvalue weighted by atomic mass is 16.5. The molecule has 0 saturated heterocycles. The molecule has 0 bridgehead atoms. The highest BCUT2D eigenvalue weighted by molar-refractivity contribution is 5.89. The summed E-state index contributed by atoms with van der Waals surface area (Å²) < 4.78 is 10.8. The summed E-state index contributed by atoms with van der Waals surface area (Å²) in [6.45, 7) is 5.34. The number of benzene rings is 1. The average molecular weight is 300 g/mol. The predicted molar refractivity (Wildman–Crippen MR) is 88.7 cm³/mol. The number of hydrogen-bond donors (Lipinski definition) is 0. The maximum atomic E-state index is 12.2. The van der Waals surface area contributed by atoms with Crippen LogP contribution in [0.25, 0.3) is 6.08 Å². The molecule has 3 heteroatoms. The zero-order valence-electron chi connectivity index (χ0n) is 13.4. The molecule has 2 rings (SSSR count). The van der Waals surface area contributed by atoms with E-state index >= 15 is 0 Å². The predicted octanol–water partition coefficient (Wildman–Crippen LogP) is 4.10. The molecular formula is C19H24O3. The Morgan fingerprint density at radius 3 is 2.86 bits per heavy atom. The minimum Gasteiger partial charge on any atom is -0.462 e. The van der Waals surface area contributed by atoms with E-state index in [-0.39, 0.29) is 11.9 Å². The first kappa shape index (κ1) is 16.5. The van der Waals surface area contributed by atoms with Crippen LogP contribution in [0.3, 0.4) is 0 Å². The van der Waals surface area contributed by atoms with Crippen molar-refractivity contribution in [2.24, 2.45) is 0 Å². The van der Waals surface area contributed by atoms with Crippen molar-refractivity contribution in [1.29, 1.82) is 0 Å². The van der Waals surface area contributed by atoms with Crippen LogP contribution in [0.15, 0.2) is 42.0 Å². The van der Waals surface area contributed by atoms with E-state index in [1.807, 2.05) is 25.1 Å². The standard InChI is InChI=1S/C19H24O3/c1-3-5-12-22-19(20)17(14-21-4-2)13-16-11-10-15-8-6-7-9-18(15)16/h6-11,13,16H,3-5,12,14H2,1-2H3. The van der Waals surface area contributed by atoms with Crippen molar-refractivity contribution in [3.8, 4) is 0 Å². The Kier molecular flexibility index (Phi) is 6.41. The van der Waals surface area contributed by atoms with E-state index in [1.165, 1.54) is 11.1 Å². The van der Waals surface area contributed by atoms with Crippen LogP contribution in [0.5, 0.6) is 0 Å². The maximum absolute atomic E-state index is 12.2. The molecule has 1 atom stereocenters. The lowest BCUT2D eigenvalue weighted by Gasteiger charge is -2.11. The van der Waals surface area contributed by atoms with E-state index in [2.05, 4.69) is 31.2 Å². The quantitative estimate of drug-likeness (QED) is 0.412. The van der Waals surface area contributed by atoms with Gasteiger partial charge < -0.3 is 9.47 Å². The first-order valence-corrected chi connectivity index (χ1v) is 7.99. The lowest BCUT2D eigenvalue weighted by Crippen LogP contribution is -2.14. The number of unbranched alkanes of at least 4 members (excludes halogenated alkanes) is 1. The molecule has 1 aliphatic carbocycles. The highest BCUT2D eigenvalue weighted by Crippen LogP contribution is 2.31. The Bertz CT molecular complexity index is 558. The summed E-state index contributed by atoms with van der Waals surface area (Å²) in [5.74, 6) is -0.148. The highest BCUT2D eigenvalue weighted by Gasteiger charge is 2.18. The van der Waals surface area contributed by atoms with Gasteiger partial charge in [-0.15, -0.1) is 0 Å². The van der Waals surface area contributed by atoms with Gasteiger partial charge in [0.15, 0.2) is 0 Å². The number of carbonyl (C=O) groups is 1. The molecule has 118 valence electrons. The van der Waals surface area contributed by atoms with Gasteiger partial charge in [-0.2, -0.15) is 0 Å². The number of carbonyl (C=O) groups excluding carboxylic acids is 1. The summed E-state index contributed by atoms with van der Waals surface area (Å²) in [7, 11) is 0. The van der Waals surface area contributed by atoms with Crippen molar-refractivity contribution >= 4 is 12.0 Å². The monoisotopic (exact) mass is 300 g/mol. The van der Waals surface area contributed by atoms with Crippen LogP contribution in [0.4, 0.5) is 0 Å². The fourth-order valence-corrected chi connectivity index (χ4v) is 2.43. The lowest BCUT2D eigenvalue weighted by molar-refractivity contribution is -0.139. The summed E-state index contributed by atoms with van der Waals surface area (Å²) in [6, 6.07) is 8.22. The molecule has 1 unspecified atom stereocenters. The largest absolute Gasteiger partial charge is 0.462 e. The number of fused-ring (bicyclic) bond motifs is 1. The molecule has 0 saturated carbocycles. The third kappa shape index (κ3) is 4.31. The molecule has 0 amide bonds. The van der Waals surface area contributed by atoms with Crippen molar-refractivity contribution in [2.75, 3.05) is 19.8 Å². The third-order valence-electron chi connectivity index (χ3n) is 3.67. The van der Waals surface area contributed by atoms with Crippen LogP contribution in [0, 0.1) is 0 Å². The molecule has 0 N–H and O–H groups in total. The van der Waals surface area contributed by atoms with Crippen molar-refractivity contribution in [2.45, 2.75) is 32.6 Å². The smallest absolute Gasteiger partial charge is 0.336 e. The normalized spacial score (nSPS) is 16.6. The van der Waals surface area contributed by atoms with Crippen LogP contribution < -0.4 is 0 Å². The molecule has 3 nitrogen and oxygen atoms in total. The van der Waals surface area contributed by atoms with E-state index in [0.29, 0.717) is 25.4 Å². The average Bonchev–Trinajstić information content (AvgIpc) is 2.94. The number of ether oxygens (including phenoxy) is 2. The van der Waals surface area contributed by atoms with Gasteiger partial charge in [-0.1, -0.05) is 55.8 Å². The Balaban J connectivity index is 2.11. The Hall–Kier alpha value is -1.87. The summed E-state index contributed by atoms with van der Waals surface area (Å²) in [6.07, 6.45) is 8.07. The molecule has 0 fully saturated rings. The molecule has 0 radical (unpaired) electrons. The van der Waals surface area contributed by atoms with Crippen molar-refractivity contribution < 1.29 is 14.3 Å². The molecule has 1 aliphatic rings. The van der Waals surface area contributed by atoms with Crippen molar-refractivity contribution in [3.63, 3.8) is 0 Å². The van der Waals surface area contributed by atoms with E-state index in [0.717, 1.165) is 12.8 Å². The van der Waals surface area contributed by atoms with E-state index in [4.69, 9.17) is 9.47 Å². The van der Waals surface area contributed by atoms with Gasteiger partial charge in [-0.05, 0) is 24.5 Å². The zero-order chi connectivity index (χ0) is 15.8. The summed E-state index contributed by atoms with van der Waals surface area (Å²) in [5.41, 5.74) is 3.03. The van der Waals surface area contributed by atoms with E-state index in [9.17, 15) is 4.79 Å². The summed E-state index contributed by atoms with van der Waals surface area (Å²) >= 11 is 0. The second-order valence-corrected chi connectivity index (χ2v) is 5.33. The van der Waals surface area contributed by atoms with E-state index < -0.39 is 0 Å². The van der Waals surface area contributed by atoms with Gasteiger partial charge in [0.2, 0.25) is 0 Å². The first-order valence-electron chi connectivity index (χ1n) is 7.99. The Labute approximate surface area is 132 Å². The number of allylic oxidation sites excluding steroid dienone is 2. The number of hydrogen-bond acceptors (Lipinski definition) is 3. The molecule has 0 heterocycles. The van der Waals surface area contributed by atoms with Gasteiger partial charge in [0.25, 0.3) is 0 Å². The van der Waals surface area contributed by atoms with Crippen molar-refractivity contribution in [1.82, 2.24) is 0 Å². The number of rotatable bonds is 8. The molecule has 0 aliphatic heterocycles. The third-order valence-corrected chi connectivity index (χ3v) is 3.67. The van der Waals surface area contributed by atoms with Crippen LogP contribution in [-0.2, 0) is 14.3 Å². The maximum Gasteiger partial charge on any atom is 0.336 e. The topological polar surface area (TPSA) is 35.5 Å². The Morgan fingerprint density at radius 1 is 1.27 bits per heavy atom. The molecule has 0 aromatic heterocycles. The van der Waals surface area contributed by atoms with Gasteiger partial charge in [0.1, 0.15) is 0 Å².